The Morgan fingerprint density at radius 3 is 2.17 bits per heavy atom. The number of alkyl halides is 1. The van der Waals surface area contributed by atoms with Crippen LogP contribution in [-0.2, 0) is 0 Å². The molecule has 0 aromatic carbocycles. The van der Waals surface area contributed by atoms with Crippen LogP contribution in [0.15, 0.2) is 0 Å². The van der Waals surface area contributed by atoms with E-state index in [2.05, 4.69) is 29.5 Å². The zero-order chi connectivity index (χ0) is 4.62. The lowest BCUT2D eigenvalue weighted by Crippen LogP contribution is -1.88. The molecular formula is C5H9I. The average molecular weight is 196 g/mol. The third kappa shape index (κ3) is 0.863. The van der Waals surface area contributed by atoms with E-state index in [9.17, 15) is 0 Å². The Balaban J connectivity index is 2.28. The van der Waals surface area contributed by atoms with E-state index in [1.165, 1.54) is 19.3 Å². The molecule has 0 spiro atoms. The van der Waals surface area contributed by atoms with E-state index in [1.807, 2.05) is 0 Å². The van der Waals surface area contributed by atoms with Crippen molar-refractivity contribution in [3.8, 4) is 0 Å². The summed E-state index contributed by atoms with van der Waals surface area (Å²) >= 11 is 2.55. The van der Waals surface area contributed by atoms with Gasteiger partial charge in [-0.05, 0) is 19.3 Å². The van der Waals surface area contributed by atoms with E-state index in [0.717, 1.165) is 3.42 Å². The standard InChI is InChI=1S/C5H9I/c1-2-5(6)3-4-5/h2-4H2,1H3. The highest BCUT2D eigenvalue weighted by Crippen LogP contribution is 2.47. The zero-order valence-electron chi connectivity index (χ0n) is 4.00. The fraction of sp³-hybridized carbons (Fsp3) is 1.00. The molecule has 0 aromatic rings. The van der Waals surface area contributed by atoms with Gasteiger partial charge in [0.05, 0.1) is 0 Å². The molecule has 1 heteroatoms. The van der Waals surface area contributed by atoms with Crippen LogP contribution in [0.2, 0.25) is 0 Å². The van der Waals surface area contributed by atoms with Gasteiger partial charge in [-0.15, -0.1) is 0 Å². The van der Waals surface area contributed by atoms with Gasteiger partial charge < -0.3 is 0 Å². The number of hydrogen-bond donors (Lipinski definition) is 0. The summed E-state index contributed by atoms with van der Waals surface area (Å²) in [6.45, 7) is 2.26. The van der Waals surface area contributed by atoms with Crippen molar-refractivity contribution in [3.05, 3.63) is 0 Å². The van der Waals surface area contributed by atoms with Crippen LogP contribution >= 0.6 is 22.6 Å². The van der Waals surface area contributed by atoms with Crippen LogP contribution in [0.1, 0.15) is 26.2 Å². The summed E-state index contributed by atoms with van der Waals surface area (Å²) in [6.07, 6.45) is 4.29. The second-order valence-corrected chi connectivity index (χ2v) is 4.29. The molecule has 36 valence electrons. The molecule has 0 saturated heterocycles. The first-order valence-electron chi connectivity index (χ1n) is 2.46. The fourth-order valence-corrected chi connectivity index (χ4v) is 0.759. The van der Waals surface area contributed by atoms with Crippen LogP contribution in [0.3, 0.4) is 0 Å². The molecule has 0 amide bonds. The van der Waals surface area contributed by atoms with Crippen LogP contribution in [-0.4, -0.2) is 3.42 Å². The van der Waals surface area contributed by atoms with E-state index in [1.54, 1.807) is 0 Å². The van der Waals surface area contributed by atoms with Crippen LogP contribution in [0.5, 0.6) is 0 Å². The highest BCUT2D eigenvalue weighted by Gasteiger charge is 2.36. The van der Waals surface area contributed by atoms with Gasteiger partial charge in [0.25, 0.3) is 0 Å². The number of rotatable bonds is 1. The summed E-state index contributed by atoms with van der Waals surface area (Å²) in [4.78, 5) is 0. The van der Waals surface area contributed by atoms with Crippen molar-refractivity contribution >= 4 is 22.6 Å². The first kappa shape index (κ1) is 4.88. The van der Waals surface area contributed by atoms with Gasteiger partial charge in [-0.1, -0.05) is 29.5 Å². The third-order valence-electron chi connectivity index (χ3n) is 1.43. The maximum atomic E-state index is 2.55. The van der Waals surface area contributed by atoms with E-state index in [0.29, 0.717) is 0 Å². The minimum atomic E-state index is 0.762. The molecule has 1 saturated carbocycles. The summed E-state index contributed by atoms with van der Waals surface area (Å²) in [5.41, 5.74) is 0. The number of halogens is 1. The van der Waals surface area contributed by atoms with Gasteiger partial charge in [-0.2, -0.15) is 0 Å². The molecule has 0 bridgehead atoms. The van der Waals surface area contributed by atoms with Crippen LogP contribution in [0.25, 0.3) is 0 Å². The van der Waals surface area contributed by atoms with Crippen LogP contribution in [0, 0.1) is 0 Å². The predicted molar refractivity (Wildman–Crippen MR) is 36.3 cm³/mol. The molecule has 0 N–H and O–H groups in total. The molecule has 1 fully saturated rings. The van der Waals surface area contributed by atoms with Gasteiger partial charge in [0.1, 0.15) is 0 Å². The van der Waals surface area contributed by atoms with E-state index < -0.39 is 0 Å². The summed E-state index contributed by atoms with van der Waals surface area (Å²) in [6, 6.07) is 0. The van der Waals surface area contributed by atoms with Crippen molar-refractivity contribution in [1.29, 1.82) is 0 Å². The maximum Gasteiger partial charge on any atom is 0.0220 e. The van der Waals surface area contributed by atoms with E-state index in [-0.39, 0.29) is 0 Å². The summed E-state index contributed by atoms with van der Waals surface area (Å²) < 4.78 is 0.762. The Morgan fingerprint density at radius 1 is 1.67 bits per heavy atom. The molecule has 0 unspecified atom stereocenters. The Morgan fingerprint density at radius 2 is 2.17 bits per heavy atom. The molecule has 1 aliphatic rings. The lowest BCUT2D eigenvalue weighted by molar-refractivity contribution is 0.888. The average Bonchev–Trinajstić information content (AvgIpc) is 2.22. The summed E-state index contributed by atoms with van der Waals surface area (Å²) in [7, 11) is 0. The first-order valence-corrected chi connectivity index (χ1v) is 3.54. The monoisotopic (exact) mass is 196 g/mol. The van der Waals surface area contributed by atoms with Gasteiger partial charge in [-0.25, -0.2) is 0 Å². The SMILES string of the molecule is CCC1(I)CC1. The molecule has 0 heterocycles. The number of hydrogen-bond acceptors (Lipinski definition) is 0. The van der Waals surface area contributed by atoms with Gasteiger partial charge in [0.2, 0.25) is 0 Å². The van der Waals surface area contributed by atoms with Gasteiger partial charge in [-0.3, -0.25) is 0 Å². The van der Waals surface area contributed by atoms with Gasteiger partial charge in [0, 0.05) is 3.42 Å². The molecule has 0 atom stereocenters. The van der Waals surface area contributed by atoms with Crippen LogP contribution < -0.4 is 0 Å². The van der Waals surface area contributed by atoms with E-state index in [4.69, 9.17) is 0 Å². The Hall–Kier alpha value is 0.730. The third-order valence-corrected chi connectivity index (χ3v) is 3.27. The van der Waals surface area contributed by atoms with E-state index >= 15 is 0 Å². The fourth-order valence-electron chi connectivity index (χ4n) is 0.489. The highest BCUT2D eigenvalue weighted by molar-refractivity contribution is 14.1. The molecule has 0 nitrogen and oxygen atoms in total. The second-order valence-electron chi connectivity index (χ2n) is 2.00. The second kappa shape index (κ2) is 1.35. The maximum absolute atomic E-state index is 2.55. The molecule has 0 aromatic heterocycles. The Kier molecular flexibility index (Phi) is 1.10. The first-order chi connectivity index (χ1) is 2.77. The lowest BCUT2D eigenvalue weighted by Gasteiger charge is -1.94. The van der Waals surface area contributed by atoms with Gasteiger partial charge in [0.15, 0.2) is 0 Å². The summed E-state index contributed by atoms with van der Waals surface area (Å²) in [5, 5.41) is 0. The van der Waals surface area contributed by atoms with Crippen molar-refractivity contribution in [3.63, 3.8) is 0 Å². The van der Waals surface area contributed by atoms with Crippen molar-refractivity contribution < 1.29 is 0 Å². The highest BCUT2D eigenvalue weighted by atomic mass is 127. The summed E-state index contributed by atoms with van der Waals surface area (Å²) in [5.74, 6) is 0. The molecule has 1 rings (SSSR count). The normalized spacial score (nSPS) is 27.0. The molecule has 1 aliphatic carbocycles. The lowest BCUT2D eigenvalue weighted by atomic mass is 10.3. The Bertz CT molecular complexity index is 55.0. The largest absolute Gasteiger partial charge is 0.0789 e. The van der Waals surface area contributed by atoms with Crippen molar-refractivity contribution in [2.24, 2.45) is 0 Å². The molecule has 0 radical (unpaired) electrons. The predicted octanol–water partition coefficient (Wildman–Crippen LogP) is 2.36. The minimum absolute atomic E-state index is 0.762. The van der Waals surface area contributed by atoms with Crippen molar-refractivity contribution in [2.75, 3.05) is 0 Å². The Labute approximate surface area is 52.5 Å². The molecule has 6 heavy (non-hydrogen) atoms. The minimum Gasteiger partial charge on any atom is -0.0789 e. The van der Waals surface area contributed by atoms with Crippen molar-refractivity contribution in [1.82, 2.24) is 0 Å². The topological polar surface area (TPSA) is 0 Å². The quantitative estimate of drug-likeness (QED) is 0.446. The smallest absolute Gasteiger partial charge is 0.0220 e. The van der Waals surface area contributed by atoms with Crippen LogP contribution in [0.4, 0.5) is 0 Å². The van der Waals surface area contributed by atoms with Crippen molar-refractivity contribution in [2.45, 2.75) is 29.6 Å². The molecular weight excluding hydrogens is 187 g/mol. The zero-order valence-corrected chi connectivity index (χ0v) is 6.16. The van der Waals surface area contributed by atoms with Gasteiger partial charge >= 0.3 is 0 Å². The molecule has 0 aliphatic heterocycles.